The van der Waals surface area contributed by atoms with Crippen molar-refractivity contribution in [3.8, 4) is 6.07 Å². The van der Waals surface area contributed by atoms with Crippen molar-refractivity contribution in [2.45, 2.75) is 79.6 Å². The number of benzene rings is 1. The van der Waals surface area contributed by atoms with Crippen molar-refractivity contribution in [2.24, 2.45) is 50.7 Å². The Morgan fingerprint density at radius 1 is 0.956 bits per heavy atom. The summed E-state index contributed by atoms with van der Waals surface area (Å²) in [7, 11) is 1.46. The average Bonchev–Trinajstić information content (AvgIpc) is 3.02. The summed E-state index contributed by atoms with van der Waals surface area (Å²) >= 11 is 0. The molecule has 6 rings (SSSR count). The van der Waals surface area contributed by atoms with Crippen LogP contribution in [-0.4, -0.2) is 37.2 Å². The van der Waals surface area contributed by atoms with Crippen LogP contribution in [0.4, 0.5) is 0 Å². The maximum atomic E-state index is 14.5. The first-order valence-corrected chi connectivity index (χ1v) is 16.4. The van der Waals surface area contributed by atoms with E-state index in [1.807, 2.05) is 19.1 Å². The second kappa shape index (κ2) is 10.5. The predicted molar refractivity (Wildman–Crippen MR) is 167 cm³/mol. The van der Waals surface area contributed by atoms with E-state index in [9.17, 15) is 24.4 Å². The summed E-state index contributed by atoms with van der Waals surface area (Å²) in [6.45, 7) is 10.4. The summed E-state index contributed by atoms with van der Waals surface area (Å²) in [5.74, 6) is -1.57. The molecule has 3 saturated carbocycles. The maximum Gasteiger partial charge on any atom is 0.338 e. The van der Waals surface area contributed by atoms with Crippen molar-refractivity contribution in [1.29, 1.82) is 5.26 Å². The number of hydrogen-bond acceptors (Lipinski definition) is 7. The Bertz CT molecular complexity index is 1570. The molecule has 4 unspecified atom stereocenters. The average molecular weight is 612 g/mol. The quantitative estimate of drug-likeness (QED) is 0.343. The lowest BCUT2D eigenvalue weighted by atomic mass is 9.38. The van der Waals surface area contributed by atoms with Crippen molar-refractivity contribution in [2.75, 3.05) is 13.7 Å². The van der Waals surface area contributed by atoms with E-state index in [-0.39, 0.29) is 64.2 Å². The van der Waals surface area contributed by atoms with Crippen LogP contribution in [0.5, 0.6) is 0 Å². The number of rotatable bonds is 4. The van der Waals surface area contributed by atoms with E-state index in [4.69, 9.17) is 9.47 Å². The van der Waals surface area contributed by atoms with Gasteiger partial charge in [-0.3, -0.25) is 14.4 Å². The molecule has 0 heterocycles. The number of carbonyl (C=O) groups excluding carboxylic acids is 4. The Balaban J connectivity index is 1.41. The first kappa shape index (κ1) is 31.5. The monoisotopic (exact) mass is 611 g/mol. The van der Waals surface area contributed by atoms with Crippen LogP contribution in [0.1, 0.15) is 89.9 Å². The first-order chi connectivity index (χ1) is 21.2. The molecule has 1 aromatic carbocycles. The number of Topliss-reactive ketones (excluding diaryl/α,β-unsaturated/α-hetero) is 1. The lowest BCUT2D eigenvalue weighted by molar-refractivity contribution is -0.178. The third kappa shape index (κ3) is 4.49. The summed E-state index contributed by atoms with van der Waals surface area (Å²) < 4.78 is 11.2. The standard InChI is InChI=1S/C38H45NO6/c1-34(2)16-17-38(33(43)44-6)15-12-25-30(26(38)20-34)27(40)18-29-35(25,3)14-13-28-36(29,4)19-24(21-39)31(41)37(28,5)22-45-32(42)23-10-8-7-9-11-23/h7-11,18-19,25-26,28,30H,12-17,20,22H2,1-6H3/t25?,26?,28?,30?,35-,36-,37-,38+/m0/s1. The van der Waals surface area contributed by atoms with Crippen LogP contribution >= 0.6 is 0 Å². The number of ketones is 2. The van der Waals surface area contributed by atoms with Crippen LogP contribution in [-0.2, 0) is 23.9 Å². The van der Waals surface area contributed by atoms with E-state index in [2.05, 4.69) is 33.8 Å². The fraction of sp³-hybridized carbons (Fsp3) is 0.605. The Morgan fingerprint density at radius 2 is 1.67 bits per heavy atom. The number of carbonyl (C=O) groups is 4. The Kier molecular flexibility index (Phi) is 7.34. The molecule has 1 aromatic rings. The van der Waals surface area contributed by atoms with Crippen LogP contribution < -0.4 is 0 Å². The smallest absolute Gasteiger partial charge is 0.338 e. The van der Waals surface area contributed by atoms with Gasteiger partial charge in [0.15, 0.2) is 11.6 Å². The van der Waals surface area contributed by atoms with Crippen molar-refractivity contribution >= 4 is 23.5 Å². The Labute approximate surface area is 266 Å². The number of hydrogen-bond donors (Lipinski definition) is 0. The molecule has 0 N–H and O–H groups in total. The van der Waals surface area contributed by atoms with Gasteiger partial charge in [0.25, 0.3) is 0 Å². The van der Waals surface area contributed by atoms with E-state index in [0.717, 1.165) is 37.7 Å². The number of fused-ring (bicyclic) bond motifs is 7. The maximum absolute atomic E-state index is 14.5. The topological polar surface area (TPSA) is 111 Å². The molecule has 3 fully saturated rings. The minimum Gasteiger partial charge on any atom is -0.469 e. The second-order valence-corrected chi connectivity index (χ2v) is 15.9. The molecule has 8 atom stereocenters. The van der Waals surface area contributed by atoms with E-state index in [1.165, 1.54) is 7.11 Å². The van der Waals surface area contributed by atoms with Gasteiger partial charge in [-0.2, -0.15) is 5.26 Å². The van der Waals surface area contributed by atoms with E-state index in [1.54, 1.807) is 30.3 Å². The van der Waals surface area contributed by atoms with Crippen molar-refractivity contribution < 1.29 is 28.7 Å². The zero-order chi connectivity index (χ0) is 32.6. The van der Waals surface area contributed by atoms with Crippen LogP contribution in [0.25, 0.3) is 0 Å². The highest BCUT2D eigenvalue weighted by Crippen LogP contribution is 2.70. The summed E-state index contributed by atoms with van der Waals surface area (Å²) in [6, 6.07) is 10.8. The minimum absolute atomic E-state index is 0.0199. The third-order valence-electron chi connectivity index (χ3n) is 13.0. The van der Waals surface area contributed by atoms with Crippen molar-refractivity contribution in [1.82, 2.24) is 0 Å². The van der Waals surface area contributed by atoms with Gasteiger partial charge in [-0.15, -0.1) is 0 Å². The summed E-state index contributed by atoms with van der Waals surface area (Å²) in [4.78, 5) is 54.7. The van der Waals surface area contributed by atoms with Crippen molar-refractivity contribution in [3.05, 3.63) is 59.2 Å². The summed E-state index contributed by atoms with van der Waals surface area (Å²) in [5, 5.41) is 10.2. The predicted octanol–water partition coefficient (Wildman–Crippen LogP) is 6.83. The van der Waals surface area contributed by atoms with Gasteiger partial charge in [-0.05, 0) is 98.7 Å². The molecule has 45 heavy (non-hydrogen) atoms. The lowest BCUT2D eigenvalue weighted by Gasteiger charge is -2.64. The molecule has 7 nitrogen and oxygen atoms in total. The Hall–Kier alpha value is -3.53. The van der Waals surface area contributed by atoms with Gasteiger partial charge in [-0.1, -0.05) is 57.5 Å². The van der Waals surface area contributed by atoms with Gasteiger partial charge in [0.1, 0.15) is 12.7 Å². The number of ether oxygens (including phenoxy) is 2. The number of methoxy groups -OCH3 is 1. The SMILES string of the molecule is COC(=O)[C@@]12CCC3C(C(=O)C=C4[C@@]5(C)C=C(C#N)C(=O)[C@@](C)(COC(=O)c6ccccc6)C5CC[C@]43C)C1CC(C)(C)CC2. The second-order valence-electron chi connectivity index (χ2n) is 15.9. The van der Waals surface area contributed by atoms with Crippen LogP contribution in [0, 0.1) is 62.1 Å². The highest BCUT2D eigenvalue weighted by molar-refractivity contribution is 6.05. The number of nitriles is 1. The van der Waals surface area contributed by atoms with Crippen LogP contribution in [0.3, 0.4) is 0 Å². The van der Waals surface area contributed by atoms with Gasteiger partial charge in [0.2, 0.25) is 0 Å². The van der Waals surface area contributed by atoms with E-state index < -0.39 is 22.2 Å². The molecule has 238 valence electrons. The molecule has 5 aliphatic carbocycles. The fourth-order valence-electron chi connectivity index (χ4n) is 10.7. The molecular formula is C38H45NO6. The minimum atomic E-state index is -1.14. The third-order valence-corrected chi connectivity index (χ3v) is 13.0. The molecule has 0 spiro atoms. The Morgan fingerprint density at radius 3 is 2.33 bits per heavy atom. The molecule has 0 amide bonds. The van der Waals surface area contributed by atoms with E-state index >= 15 is 0 Å². The highest BCUT2D eigenvalue weighted by Gasteiger charge is 2.67. The molecule has 0 bridgehead atoms. The molecule has 0 aliphatic heterocycles. The van der Waals surface area contributed by atoms with Crippen molar-refractivity contribution in [3.63, 3.8) is 0 Å². The van der Waals surface area contributed by atoms with Gasteiger partial charge < -0.3 is 9.47 Å². The zero-order valence-corrected chi connectivity index (χ0v) is 27.4. The molecule has 5 aliphatic rings. The normalized spacial score (nSPS) is 39.8. The van der Waals surface area contributed by atoms with Gasteiger partial charge in [0.05, 0.1) is 29.1 Å². The number of allylic oxidation sites excluding steroid dienone is 4. The van der Waals surface area contributed by atoms with Gasteiger partial charge in [0, 0.05) is 11.3 Å². The zero-order valence-electron chi connectivity index (χ0n) is 27.4. The molecule has 0 saturated heterocycles. The van der Waals surface area contributed by atoms with Crippen LogP contribution in [0.15, 0.2) is 53.6 Å². The first-order valence-electron chi connectivity index (χ1n) is 16.4. The lowest BCUT2D eigenvalue weighted by Crippen LogP contribution is -2.62. The molecular weight excluding hydrogens is 566 g/mol. The molecule has 7 heteroatoms. The summed E-state index contributed by atoms with van der Waals surface area (Å²) in [5.41, 5.74) is -1.45. The van der Waals surface area contributed by atoms with Gasteiger partial charge >= 0.3 is 11.9 Å². The number of esters is 2. The van der Waals surface area contributed by atoms with Crippen LogP contribution in [0.2, 0.25) is 0 Å². The molecule has 0 aromatic heterocycles. The molecule has 0 radical (unpaired) electrons. The van der Waals surface area contributed by atoms with Gasteiger partial charge in [-0.25, -0.2) is 4.79 Å². The summed E-state index contributed by atoms with van der Waals surface area (Å²) in [6.07, 6.45) is 8.96. The van der Waals surface area contributed by atoms with E-state index in [0.29, 0.717) is 18.4 Å². The largest absolute Gasteiger partial charge is 0.469 e. The fourth-order valence-corrected chi connectivity index (χ4v) is 10.7. The number of nitrogens with zero attached hydrogens (tertiary/aromatic N) is 1. The highest BCUT2D eigenvalue weighted by atomic mass is 16.5.